The Kier molecular flexibility index (Phi) is 5.57. The zero-order valence-electron chi connectivity index (χ0n) is 25.4. The molecule has 3 heteroatoms. The third kappa shape index (κ3) is 4.07. The number of fused-ring (bicyclic) bond motifs is 9. The summed E-state index contributed by atoms with van der Waals surface area (Å²) in [6, 6.07) is 58.0. The summed E-state index contributed by atoms with van der Waals surface area (Å²) < 4.78 is 12.8. The first kappa shape index (κ1) is 26.0. The molecule has 0 unspecified atom stereocenters. The number of anilines is 3. The number of furan rings is 2. The molecule has 3 nitrogen and oxygen atoms in total. The van der Waals surface area contributed by atoms with E-state index in [0.717, 1.165) is 60.9 Å². The van der Waals surface area contributed by atoms with Gasteiger partial charge in [-0.15, -0.1) is 0 Å². The predicted molar refractivity (Wildman–Crippen MR) is 196 cm³/mol. The first-order valence-corrected chi connectivity index (χ1v) is 15.9. The Hall–Kier alpha value is -6.32. The Morgan fingerprint density at radius 3 is 1.47 bits per heavy atom. The largest absolute Gasteiger partial charge is 0.456 e. The van der Waals surface area contributed by atoms with Crippen LogP contribution in [-0.4, -0.2) is 0 Å². The van der Waals surface area contributed by atoms with E-state index in [1.807, 2.05) is 24.3 Å². The highest BCUT2D eigenvalue weighted by molar-refractivity contribution is 6.16. The molecule has 0 fully saturated rings. The molecular formula is C44H27NO2. The fourth-order valence-corrected chi connectivity index (χ4v) is 7.22. The lowest BCUT2D eigenvalue weighted by atomic mass is 9.95. The molecule has 0 saturated heterocycles. The van der Waals surface area contributed by atoms with Crippen molar-refractivity contribution in [3.05, 3.63) is 164 Å². The van der Waals surface area contributed by atoms with Gasteiger partial charge in [0.25, 0.3) is 0 Å². The van der Waals surface area contributed by atoms with Crippen LogP contribution in [0.5, 0.6) is 0 Å². The number of para-hydroxylation sites is 2. The molecule has 10 rings (SSSR count). The van der Waals surface area contributed by atoms with Gasteiger partial charge in [-0.1, -0.05) is 103 Å². The van der Waals surface area contributed by atoms with Gasteiger partial charge in [0, 0.05) is 50.4 Å². The third-order valence-electron chi connectivity index (χ3n) is 9.43. The molecule has 2 heterocycles. The topological polar surface area (TPSA) is 29.5 Å². The fraction of sp³-hybridized carbons (Fsp3) is 0. The van der Waals surface area contributed by atoms with Crippen molar-refractivity contribution in [2.75, 3.05) is 4.90 Å². The Bertz CT molecular complexity index is 2690. The quantitative estimate of drug-likeness (QED) is 0.188. The van der Waals surface area contributed by atoms with Crippen LogP contribution in [0, 0.1) is 0 Å². The minimum atomic E-state index is 0.856. The van der Waals surface area contributed by atoms with Crippen LogP contribution < -0.4 is 4.90 Å². The Balaban J connectivity index is 1.26. The zero-order chi connectivity index (χ0) is 30.9. The van der Waals surface area contributed by atoms with Gasteiger partial charge in [-0.05, 0) is 75.8 Å². The van der Waals surface area contributed by atoms with Gasteiger partial charge in [-0.25, -0.2) is 0 Å². The molecule has 0 saturated carbocycles. The van der Waals surface area contributed by atoms with Crippen LogP contribution in [0.2, 0.25) is 0 Å². The lowest BCUT2D eigenvalue weighted by molar-refractivity contribution is 0.669. The standard InChI is InChI=1S/C44H27NO2/c1-2-10-28(11-3-1)29-18-21-33-30(24-29)25-40(35-13-5-4-12-34(33)35)45(31-19-22-38-36-14-6-8-16-41(36)46-43(38)26-31)32-20-23-39-37-15-7-9-17-42(37)47-44(39)27-32/h1-27H. The van der Waals surface area contributed by atoms with Gasteiger partial charge in [-0.3, -0.25) is 0 Å². The number of benzene rings is 8. The van der Waals surface area contributed by atoms with Gasteiger partial charge >= 0.3 is 0 Å². The maximum atomic E-state index is 6.40. The molecule has 220 valence electrons. The van der Waals surface area contributed by atoms with E-state index >= 15 is 0 Å². The zero-order valence-corrected chi connectivity index (χ0v) is 25.4. The van der Waals surface area contributed by atoms with Crippen molar-refractivity contribution in [3.8, 4) is 11.1 Å². The van der Waals surface area contributed by atoms with Crippen molar-refractivity contribution in [1.29, 1.82) is 0 Å². The minimum absolute atomic E-state index is 0.856. The second kappa shape index (κ2) is 10.1. The van der Waals surface area contributed by atoms with Gasteiger partial charge in [0.1, 0.15) is 22.3 Å². The van der Waals surface area contributed by atoms with E-state index in [9.17, 15) is 0 Å². The van der Waals surface area contributed by atoms with Crippen LogP contribution in [-0.2, 0) is 0 Å². The van der Waals surface area contributed by atoms with Crippen LogP contribution in [0.4, 0.5) is 17.1 Å². The van der Waals surface area contributed by atoms with Crippen molar-refractivity contribution >= 4 is 82.5 Å². The SMILES string of the molecule is c1ccc(-c2ccc3c(c2)cc(N(c2ccc4c(c2)oc2ccccc24)c2ccc4c(c2)oc2ccccc24)c2ccccc23)cc1. The van der Waals surface area contributed by atoms with E-state index in [0.29, 0.717) is 0 Å². The average Bonchev–Trinajstić information content (AvgIpc) is 3.69. The second-order valence-electron chi connectivity index (χ2n) is 12.1. The highest BCUT2D eigenvalue weighted by atomic mass is 16.3. The van der Waals surface area contributed by atoms with Crippen LogP contribution in [0.1, 0.15) is 0 Å². The Morgan fingerprint density at radius 2 is 0.830 bits per heavy atom. The molecule has 0 N–H and O–H groups in total. The molecule has 0 atom stereocenters. The first-order chi connectivity index (χ1) is 23.3. The number of hydrogen-bond acceptors (Lipinski definition) is 3. The van der Waals surface area contributed by atoms with E-state index in [-0.39, 0.29) is 0 Å². The minimum Gasteiger partial charge on any atom is -0.456 e. The number of hydrogen-bond donors (Lipinski definition) is 0. The van der Waals surface area contributed by atoms with Gasteiger partial charge in [0.15, 0.2) is 0 Å². The average molecular weight is 602 g/mol. The van der Waals surface area contributed by atoms with Crippen molar-refractivity contribution < 1.29 is 8.83 Å². The second-order valence-corrected chi connectivity index (χ2v) is 12.1. The molecule has 0 spiro atoms. The predicted octanol–water partition coefficient (Wildman–Crippen LogP) is 12.9. The van der Waals surface area contributed by atoms with Crippen LogP contribution in [0.15, 0.2) is 173 Å². The van der Waals surface area contributed by atoms with Crippen molar-refractivity contribution in [1.82, 2.24) is 0 Å². The highest BCUT2D eigenvalue weighted by Gasteiger charge is 2.20. The van der Waals surface area contributed by atoms with Crippen LogP contribution in [0.3, 0.4) is 0 Å². The third-order valence-corrected chi connectivity index (χ3v) is 9.43. The van der Waals surface area contributed by atoms with E-state index in [2.05, 4.69) is 144 Å². The lowest BCUT2D eigenvalue weighted by Crippen LogP contribution is -2.10. The first-order valence-electron chi connectivity index (χ1n) is 15.9. The fourth-order valence-electron chi connectivity index (χ4n) is 7.22. The molecule has 10 aromatic rings. The summed E-state index contributed by atoms with van der Waals surface area (Å²) in [6.45, 7) is 0. The maximum Gasteiger partial charge on any atom is 0.137 e. The normalized spacial score (nSPS) is 11.8. The smallest absolute Gasteiger partial charge is 0.137 e. The maximum absolute atomic E-state index is 6.40. The van der Waals surface area contributed by atoms with Gasteiger partial charge in [0.2, 0.25) is 0 Å². The molecule has 47 heavy (non-hydrogen) atoms. The molecule has 2 aromatic heterocycles. The summed E-state index contributed by atoms with van der Waals surface area (Å²) in [5.74, 6) is 0. The molecule has 0 aliphatic heterocycles. The van der Waals surface area contributed by atoms with Gasteiger partial charge in [0.05, 0.1) is 5.69 Å². The lowest BCUT2D eigenvalue weighted by Gasteiger charge is -2.27. The Morgan fingerprint density at radius 1 is 0.319 bits per heavy atom. The highest BCUT2D eigenvalue weighted by Crippen LogP contribution is 2.45. The molecular weight excluding hydrogens is 574 g/mol. The van der Waals surface area contributed by atoms with Crippen molar-refractivity contribution in [3.63, 3.8) is 0 Å². The monoisotopic (exact) mass is 601 g/mol. The van der Waals surface area contributed by atoms with E-state index < -0.39 is 0 Å². The molecule has 0 aliphatic carbocycles. The summed E-state index contributed by atoms with van der Waals surface area (Å²) in [4.78, 5) is 2.34. The molecule has 0 aliphatic rings. The summed E-state index contributed by atoms with van der Waals surface area (Å²) in [7, 11) is 0. The van der Waals surface area contributed by atoms with Crippen LogP contribution in [0.25, 0.3) is 76.5 Å². The summed E-state index contributed by atoms with van der Waals surface area (Å²) >= 11 is 0. The van der Waals surface area contributed by atoms with Gasteiger partial charge < -0.3 is 13.7 Å². The summed E-state index contributed by atoms with van der Waals surface area (Å²) in [6.07, 6.45) is 0. The number of rotatable bonds is 4. The van der Waals surface area contributed by atoms with E-state index in [4.69, 9.17) is 8.83 Å². The van der Waals surface area contributed by atoms with Crippen molar-refractivity contribution in [2.45, 2.75) is 0 Å². The van der Waals surface area contributed by atoms with Crippen molar-refractivity contribution in [2.24, 2.45) is 0 Å². The summed E-state index contributed by atoms with van der Waals surface area (Å²) in [5.41, 5.74) is 8.99. The van der Waals surface area contributed by atoms with E-state index in [1.165, 1.54) is 32.7 Å². The van der Waals surface area contributed by atoms with E-state index in [1.54, 1.807) is 0 Å². The van der Waals surface area contributed by atoms with Gasteiger partial charge in [-0.2, -0.15) is 0 Å². The van der Waals surface area contributed by atoms with Crippen LogP contribution >= 0.6 is 0 Å². The molecule has 0 radical (unpaired) electrons. The molecule has 0 bridgehead atoms. The number of nitrogens with zero attached hydrogens (tertiary/aromatic N) is 1. The molecule has 8 aromatic carbocycles. The Labute approximate surface area is 270 Å². The molecule has 0 amide bonds. The summed E-state index contributed by atoms with van der Waals surface area (Å²) in [5, 5.41) is 9.23.